The number of halogens is 2. The van der Waals surface area contributed by atoms with Crippen molar-refractivity contribution >= 4 is 22.4 Å². The molecule has 2 aliphatic carbocycles. The van der Waals surface area contributed by atoms with Gasteiger partial charge in [-0.3, -0.25) is 4.68 Å². The van der Waals surface area contributed by atoms with Crippen LogP contribution in [0.1, 0.15) is 57.4 Å². The number of rotatable bonds is 8. The maximum atomic E-state index is 13.6. The van der Waals surface area contributed by atoms with Crippen LogP contribution in [0.3, 0.4) is 0 Å². The normalized spacial score (nSPS) is 21.5. The van der Waals surface area contributed by atoms with Gasteiger partial charge in [-0.2, -0.15) is 5.10 Å². The van der Waals surface area contributed by atoms with Gasteiger partial charge in [-0.25, -0.2) is 17.7 Å². The zero-order valence-corrected chi connectivity index (χ0v) is 22.0. The van der Waals surface area contributed by atoms with Crippen LogP contribution in [0.5, 0.6) is 0 Å². The van der Waals surface area contributed by atoms with E-state index in [0.29, 0.717) is 29.6 Å². The van der Waals surface area contributed by atoms with Crippen LogP contribution in [0.2, 0.25) is 0 Å². The van der Waals surface area contributed by atoms with Crippen molar-refractivity contribution in [1.82, 2.24) is 24.8 Å². The van der Waals surface area contributed by atoms with Gasteiger partial charge in [0, 0.05) is 37.8 Å². The Kier molecular flexibility index (Phi) is 6.71. The Bertz CT molecular complexity index is 1300. The molecule has 3 heterocycles. The van der Waals surface area contributed by atoms with Crippen LogP contribution < -0.4 is 9.62 Å². The van der Waals surface area contributed by atoms with E-state index in [0.717, 1.165) is 43.0 Å². The number of alkyl halides is 2. The zero-order chi connectivity index (χ0) is 26.3. The van der Waals surface area contributed by atoms with Crippen LogP contribution in [0, 0.1) is 5.41 Å². The van der Waals surface area contributed by atoms with Crippen LogP contribution in [0.25, 0.3) is 17.1 Å². The molecule has 3 fully saturated rings. The molecule has 2 N–H and O–H groups in total. The van der Waals surface area contributed by atoms with Gasteiger partial charge in [0.25, 0.3) is 0 Å². The Balaban J connectivity index is 1.24. The molecule has 3 aromatic rings. The molecule has 6 rings (SSSR count). The highest BCUT2D eigenvalue weighted by molar-refractivity contribution is 7.86. The molecule has 0 radical (unpaired) electrons. The minimum atomic E-state index is -2.57. The largest absolute Gasteiger partial charge is 0.395 e. The minimum absolute atomic E-state index is 0.0321. The van der Waals surface area contributed by atoms with Crippen molar-refractivity contribution in [3.05, 3.63) is 36.7 Å². The summed E-state index contributed by atoms with van der Waals surface area (Å²) in [6.07, 6.45) is 9.22. The maximum absolute atomic E-state index is 13.6. The van der Waals surface area contributed by atoms with Gasteiger partial charge in [0.2, 0.25) is 5.92 Å². The summed E-state index contributed by atoms with van der Waals surface area (Å²) in [6.45, 7) is 1.74. The molecule has 1 spiro atoms. The average molecular weight is 546 g/mol. The number of benzene rings is 1. The van der Waals surface area contributed by atoms with E-state index in [1.165, 1.54) is 12.8 Å². The van der Waals surface area contributed by atoms with E-state index in [2.05, 4.69) is 25.0 Å². The molecule has 0 bridgehead atoms. The fourth-order valence-electron chi connectivity index (χ4n) is 5.66. The van der Waals surface area contributed by atoms with E-state index in [9.17, 15) is 13.0 Å². The second-order valence-corrected chi connectivity index (χ2v) is 12.2. The molecule has 1 aromatic carbocycles. The van der Waals surface area contributed by atoms with E-state index in [-0.39, 0.29) is 31.2 Å². The third kappa shape index (κ3) is 5.33. The summed E-state index contributed by atoms with van der Waals surface area (Å²) < 4.78 is 45.9. The molecule has 9 nitrogen and oxygen atoms in total. The molecule has 204 valence electrons. The van der Waals surface area contributed by atoms with Crippen molar-refractivity contribution in [2.24, 2.45) is 5.41 Å². The molecule has 1 atom stereocenters. The first kappa shape index (κ1) is 25.4. The number of hydrogen-bond acceptors (Lipinski definition) is 6. The third-order valence-corrected chi connectivity index (χ3v) is 9.29. The van der Waals surface area contributed by atoms with Gasteiger partial charge in [-0.05, 0) is 68.2 Å². The lowest BCUT2D eigenvalue weighted by molar-refractivity contribution is -0.0449. The quantitative estimate of drug-likeness (QED) is 0.437. The van der Waals surface area contributed by atoms with Crippen molar-refractivity contribution in [3.63, 3.8) is 0 Å². The Hall–Kier alpha value is -2.86. The predicted octanol–water partition coefficient (Wildman–Crippen LogP) is 4.33. The summed E-state index contributed by atoms with van der Waals surface area (Å²) in [5.74, 6) is -2.41. The van der Waals surface area contributed by atoms with Crippen molar-refractivity contribution in [2.45, 2.75) is 63.3 Å². The van der Waals surface area contributed by atoms with Crippen LogP contribution >= 0.6 is 0 Å². The SMILES string of the molecule is O=S(CCO)Nc1ccc(-n2cc(-c3ccn(C4CCC(F)(F)CC4)n3)nn2)c(N2CCC3(CC2)CC3)c1. The van der Waals surface area contributed by atoms with Gasteiger partial charge in [-0.15, -0.1) is 5.10 Å². The fourth-order valence-corrected chi connectivity index (χ4v) is 6.32. The Morgan fingerprint density at radius 1 is 1.03 bits per heavy atom. The molecule has 1 unspecified atom stereocenters. The maximum Gasteiger partial charge on any atom is 0.248 e. The molecular weight excluding hydrogens is 512 g/mol. The molecule has 3 aliphatic rings. The van der Waals surface area contributed by atoms with Gasteiger partial charge in [0.05, 0.1) is 36.0 Å². The summed E-state index contributed by atoms with van der Waals surface area (Å²) >= 11 is 0. The highest BCUT2D eigenvalue weighted by Crippen LogP contribution is 2.54. The van der Waals surface area contributed by atoms with Crippen LogP contribution in [0.4, 0.5) is 20.2 Å². The summed E-state index contributed by atoms with van der Waals surface area (Å²) in [7, 11) is -1.37. The lowest BCUT2D eigenvalue weighted by atomic mass is 9.92. The van der Waals surface area contributed by atoms with Crippen LogP contribution in [0.15, 0.2) is 36.7 Å². The molecule has 0 amide bonds. The summed E-state index contributed by atoms with van der Waals surface area (Å²) in [5, 5.41) is 22.5. The van der Waals surface area contributed by atoms with E-state index < -0.39 is 16.9 Å². The minimum Gasteiger partial charge on any atom is -0.395 e. The fraction of sp³-hybridized carbons (Fsp3) is 0.577. The van der Waals surface area contributed by atoms with Gasteiger partial charge < -0.3 is 14.7 Å². The van der Waals surface area contributed by atoms with E-state index in [1.807, 2.05) is 36.7 Å². The smallest absolute Gasteiger partial charge is 0.248 e. The number of aliphatic hydroxyl groups excluding tert-OH is 1. The number of anilines is 2. The lowest BCUT2D eigenvalue weighted by Gasteiger charge is -2.35. The number of nitrogens with one attached hydrogen (secondary N) is 1. The van der Waals surface area contributed by atoms with E-state index in [1.54, 1.807) is 9.36 Å². The first-order chi connectivity index (χ1) is 18.3. The average Bonchev–Trinajstić information content (AvgIpc) is 3.28. The first-order valence-corrected chi connectivity index (χ1v) is 14.7. The number of hydrogen-bond donors (Lipinski definition) is 2. The Morgan fingerprint density at radius 3 is 2.50 bits per heavy atom. The highest BCUT2D eigenvalue weighted by Gasteiger charge is 2.44. The van der Waals surface area contributed by atoms with Crippen molar-refractivity contribution in [2.75, 3.05) is 35.1 Å². The van der Waals surface area contributed by atoms with Crippen molar-refractivity contribution in [1.29, 1.82) is 0 Å². The number of aliphatic hydroxyl groups is 1. The molecule has 2 aromatic heterocycles. The molecular formula is C26H33F2N7O2S. The van der Waals surface area contributed by atoms with Crippen molar-refractivity contribution in [3.8, 4) is 17.1 Å². The zero-order valence-electron chi connectivity index (χ0n) is 21.2. The molecule has 1 saturated heterocycles. The topological polar surface area (TPSA) is 101 Å². The Labute approximate surface area is 222 Å². The highest BCUT2D eigenvalue weighted by atomic mass is 32.2. The van der Waals surface area contributed by atoms with Crippen molar-refractivity contribution < 1.29 is 18.1 Å². The van der Waals surface area contributed by atoms with Gasteiger partial charge in [0.1, 0.15) is 22.4 Å². The Morgan fingerprint density at radius 2 is 1.79 bits per heavy atom. The first-order valence-electron chi connectivity index (χ1n) is 13.3. The van der Waals surface area contributed by atoms with E-state index in [4.69, 9.17) is 5.11 Å². The third-order valence-electron chi connectivity index (χ3n) is 8.28. The van der Waals surface area contributed by atoms with Gasteiger partial charge in [0.15, 0.2) is 0 Å². The number of nitrogens with zero attached hydrogens (tertiary/aromatic N) is 6. The van der Waals surface area contributed by atoms with Crippen LogP contribution in [-0.4, -0.2) is 65.5 Å². The standard InChI is InChI=1S/C26H33F2N7O2S/c27-26(28)6-3-20(4-7-26)34-12-5-21(30-34)22-18-35(32-29-22)23-2-1-19(31-38(37)16-15-36)17-24(23)33-13-10-25(8-9-25)11-14-33/h1-2,5,12,17-18,20,31,36H,3-4,6-11,13-16H2. The summed E-state index contributed by atoms with van der Waals surface area (Å²) in [6, 6.07) is 7.61. The molecule has 38 heavy (non-hydrogen) atoms. The number of piperidine rings is 1. The number of aromatic nitrogens is 5. The van der Waals surface area contributed by atoms with E-state index >= 15 is 0 Å². The van der Waals surface area contributed by atoms with Gasteiger partial charge >= 0.3 is 0 Å². The van der Waals surface area contributed by atoms with Gasteiger partial charge in [-0.1, -0.05) is 5.21 Å². The summed E-state index contributed by atoms with van der Waals surface area (Å²) in [5.41, 5.74) is 4.36. The monoisotopic (exact) mass is 545 g/mol. The molecule has 2 saturated carbocycles. The predicted molar refractivity (Wildman–Crippen MR) is 142 cm³/mol. The summed E-state index contributed by atoms with van der Waals surface area (Å²) in [4.78, 5) is 2.36. The lowest BCUT2D eigenvalue weighted by Crippen LogP contribution is -2.35. The second kappa shape index (κ2) is 10.0. The second-order valence-electron chi connectivity index (χ2n) is 10.9. The molecule has 12 heteroatoms. The molecule has 1 aliphatic heterocycles. The van der Waals surface area contributed by atoms with Crippen LogP contribution in [-0.2, 0) is 11.0 Å².